The monoisotopic (exact) mass is 703 g/mol. The lowest BCUT2D eigenvalue weighted by Gasteiger charge is -2.26. The smallest absolute Gasteiger partial charge is 0.407 e. The first kappa shape index (κ1) is 33.8. The fourth-order valence-corrected chi connectivity index (χ4v) is 8.59. The van der Waals surface area contributed by atoms with Gasteiger partial charge in [0.2, 0.25) is 27.7 Å². The van der Waals surface area contributed by atoms with E-state index in [1.54, 1.807) is 0 Å². The highest BCUT2D eigenvalue weighted by atomic mass is 32.2. The van der Waals surface area contributed by atoms with Crippen LogP contribution in [0.3, 0.4) is 0 Å². The molecule has 0 aromatic heterocycles. The largest absolute Gasteiger partial charge is 0.449 e. The predicted molar refractivity (Wildman–Crippen MR) is 182 cm³/mol. The molecule has 4 N–H and O–H groups in total. The van der Waals surface area contributed by atoms with Gasteiger partial charge in [0, 0.05) is 24.8 Å². The van der Waals surface area contributed by atoms with Gasteiger partial charge in [0.1, 0.15) is 18.2 Å². The Morgan fingerprint density at radius 3 is 2.22 bits per heavy atom. The number of nitrogens with zero attached hydrogens (tertiary/aromatic N) is 1. The van der Waals surface area contributed by atoms with E-state index in [4.69, 9.17) is 4.74 Å². The maximum Gasteiger partial charge on any atom is 0.407 e. The number of alkyl carbamates (subject to hydrolysis) is 1. The van der Waals surface area contributed by atoms with Gasteiger partial charge in [-0.1, -0.05) is 54.6 Å². The molecule has 4 atom stereocenters. The molecule has 4 fully saturated rings. The molecule has 14 heteroatoms. The Morgan fingerprint density at radius 2 is 1.62 bits per heavy atom. The van der Waals surface area contributed by atoms with Crippen LogP contribution in [-0.4, -0.2) is 85.6 Å². The zero-order valence-electron chi connectivity index (χ0n) is 27.6. The average molecular weight is 704 g/mol. The number of nitrogens with one attached hydrogen (secondary N) is 4. The summed E-state index contributed by atoms with van der Waals surface area (Å²) >= 11 is 0. The summed E-state index contributed by atoms with van der Waals surface area (Å²) in [5.41, 5.74) is 2.75. The summed E-state index contributed by atoms with van der Waals surface area (Å²) in [6.45, 7) is 3.42. The normalized spacial score (nSPS) is 25.1. The first-order valence-electron chi connectivity index (χ1n) is 17.2. The summed E-state index contributed by atoms with van der Waals surface area (Å²) in [7, 11) is -3.88. The van der Waals surface area contributed by atoms with E-state index in [0.29, 0.717) is 25.2 Å². The SMILES string of the molecule is C=CC1CC1(NC(=O)[C@@H]1C[C@@H](NC(=O)OCC2c3ccccc3-c3ccccc32)CN1C(=O)CNC(=O)CC1CC1)C(=O)NS(=O)(=O)C1CC1. The Kier molecular flexibility index (Phi) is 8.91. The van der Waals surface area contributed by atoms with Crippen LogP contribution in [0.25, 0.3) is 11.1 Å². The van der Waals surface area contributed by atoms with Crippen LogP contribution in [0.15, 0.2) is 61.2 Å². The van der Waals surface area contributed by atoms with Crippen molar-refractivity contribution in [3.8, 4) is 11.1 Å². The predicted octanol–water partition coefficient (Wildman–Crippen LogP) is 2.08. The van der Waals surface area contributed by atoms with Gasteiger partial charge in [-0.05, 0) is 66.7 Å². The Bertz CT molecular complexity index is 1810. The summed E-state index contributed by atoms with van der Waals surface area (Å²) in [5, 5.41) is 7.51. The van der Waals surface area contributed by atoms with Crippen LogP contribution in [0.2, 0.25) is 0 Å². The van der Waals surface area contributed by atoms with Gasteiger partial charge in [0.25, 0.3) is 5.91 Å². The summed E-state index contributed by atoms with van der Waals surface area (Å²) in [6, 6.07) is 14.1. The summed E-state index contributed by atoms with van der Waals surface area (Å²) in [4.78, 5) is 67.3. The summed E-state index contributed by atoms with van der Waals surface area (Å²) in [6.07, 6.45) is 4.12. The van der Waals surface area contributed by atoms with Gasteiger partial charge in [-0.25, -0.2) is 13.2 Å². The van der Waals surface area contributed by atoms with Gasteiger partial charge < -0.3 is 25.6 Å². The van der Waals surface area contributed by atoms with Crippen molar-refractivity contribution in [1.29, 1.82) is 0 Å². The number of rotatable bonds is 13. The van der Waals surface area contributed by atoms with Crippen molar-refractivity contribution in [1.82, 2.24) is 25.6 Å². The third kappa shape index (κ3) is 6.85. The van der Waals surface area contributed by atoms with Crippen molar-refractivity contribution in [3.63, 3.8) is 0 Å². The molecule has 0 spiro atoms. The topological polar surface area (TPSA) is 180 Å². The van der Waals surface area contributed by atoms with Crippen LogP contribution >= 0.6 is 0 Å². The van der Waals surface area contributed by atoms with Gasteiger partial charge in [-0.3, -0.25) is 23.9 Å². The number of carbonyl (C=O) groups is 5. The Hall–Kier alpha value is -4.72. The van der Waals surface area contributed by atoms with Crippen molar-refractivity contribution in [2.45, 2.75) is 73.7 Å². The molecule has 4 aliphatic carbocycles. The van der Waals surface area contributed by atoms with Gasteiger partial charge in [-0.15, -0.1) is 6.58 Å². The maximum atomic E-state index is 13.9. The van der Waals surface area contributed by atoms with E-state index in [-0.39, 0.29) is 44.4 Å². The number of amides is 5. The quantitative estimate of drug-likeness (QED) is 0.229. The summed E-state index contributed by atoms with van der Waals surface area (Å²) < 4.78 is 32.9. The summed E-state index contributed by atoms with van der Waals surface area (Å²) in [5.74, 6) is -2.66. The first-order valence-corrected chi connectivity index (χ1v) is 18.7. The standard InChI is InChI=1S/C36H41N5O8S/c1-2-22-17-36(22,34(45)40-50(47,48)24-13-14-24)39-33(44)30-16-23(19-41(30)32(43)18-37-31(42)15-21-11-12-21)38-35(46)49-20-29-27-9-5-3-7-25(27)26-8-4-6-10-28(26)29/h2-10,21-24,29-30H,1,11-20H2,(H,37,42)(H,38,46)(H,39,44)(H,40,45)/t22?,23-,30+,36?/m1/s1. The number of carbonyl (C=O) groups excluding carboxylic acids is 5. The molecule has 2 aromatic carbocycles. The minimum absolute atomic E-state index is 0.00855. The molecule has 2 aromatic rings. The lowest BCUT2D eigenvalue weighted by molar-refractivity contribution is -0.140. The fraction of sp³-hybridized carbons (Fsp3) is 0.472. The zero-order valence-corrected chi connectivity index (χ0v) is 28.4. The highest BCUT2D eigenvalue weighted by Crippen LogP contribution is 2.46. The van der Waals surface area contributed by atoms with E-state index in [9.17, 15) is 32.4 Å². The highest BCUT2D eigenvalue weighted by molar-refractivity contribution is 7.91. The minimum atomic E-state index is -3.88. The lowest BCUT2D eigenvalue weighted by atomic mass is 9.98. The molecule has 13 nitrogen and oxygen atoms in total. The molecule has 1 aliphatic heterocycles. The van der Waals surface area contributed by atoms with Crippen molar-refractivity contribution in [2.75, 3.05) is 19.7 Å². The fourth-order valence-electron chi connectivity index (χ4n) is 7.22. The number of likely N-dealkylation sites (tertiary alicyclic amines) is 1. The van der Waals surface area contributed by atoms with E-state index >= 15 is 0 Å². The zero-order chi connectivity index (χ0) is 35.2. The van der Waals surface area contributed by atoms with E-state index in [1.165, 1.54) is 11.0 Å². The number of hydrogen-bond acceptors (Lipinski definition) is 8. The third-order valence-electron chi connectivity index (χ3n) is 10.4. The Morgan fingerprint density at radius 1 is 0.960 bits per heavy atom. The molecule has 5 amide bonds. The Labute approximate surface area is 290 Å². The number of benzene rings is 2. The van der Waals surface area contributed by atoms with Crippen LogP contribution in [0.1, 0.15) is 62.0 Å². The molecule has 1 saturated heterocycles. The van der Waals surface area contributed by atoms with Crippen LogP contribution in [-0.2, 0) is 33.9 Å². The van der Waals surface area contributed by atoms with Crippen LogP contribution in [0.4, 0.5) is 4.79 Å². The van der Waals surface area contributed by atoms with Gasteiger partial charge in [0.05, 0.1) is 17.8 Å². The number of hydrogen-bond donors (Lipinski definition) is 4. The van der Waals surface area contributed by atoms with Crippen molar-refractivity contribution < 1.29 is 37.1 Å². The molecule has 7 rings (SSSR count). The number of fused-ring (bicyclic) bond motifs is 3. The molecule has 5 aliphatic rings. The van der Waals surface area contributed by atoms with Gasteiger partial charge in [-0.2, -0.15) is 0 Å². The second-order valence-corrected chi connectivity index (χ2v) is 16.0. The molecule has 0 radical (unpaired) electrons. The lowest BCUT2D eigenvalue weighted by Crippen LogP contribution is -2.57. The van der Waals surface area contributed by atoms with Gasteiger partial charge >= 0.3 is 6.09 Å². The van der Waals surface area contributed by atoms with Crippen molar-refractivity contribution in [2.24, 2.45) is 11.8 Å². The van der Waals surface area contributed by atoms with Crippen LogP contribution in [0.5, 0.6) is 0 Å². The van der Waals surface area contributed by atoms with Crippen molar-refractivity contribution >= 4 is 39.7 Å². The van der Waals surface area contributed by atoms with E-state index in [1.807, 2.05) is 48.5 Å². The minimum Gasteiger partial charge on any atom is -0.449 e. The second-order valence-electron chi connectivity index (χ2n) is 14.1. The van der Waals surface area contributed by atoms with Crippen LogP contribution < -0.4 is 20.7 Å². The Balaban J connectivity index is 1.02. The van der Waals surface area contributed by atoms with E-state index in [2.05, 4.69) is 27.3 Å². The second kappa shape index (κ2) is 13.2. The molecule has 264 valence electrons. The average Bonchev–Trinajstić information content (AvgIpc) is 4.02. The maximum absolute atomic E-state index is 13.9. The van der Waals surface area contributed by atoms with Gasteiger partial charge in [0.15, 0.2) is 0 Å². The van der Waals surface area contributed by atoms with E-state index < -0.39 is 62.6 Å². The molecule has 1 heterocycles. The highest BCUT2D eigenvalue weighted by Gasteiger charge is 2.61. The molecule has 0 bridgehead atoms. The third-order valence-corrected chi connectivity index (χ3v) is 12.3. The van der Waals surface area contributed by atoms with Crippen LogP contribution in [0, 0.1) is 11.8 Å². The first-order chi connectivity index (χ1) is 24.0. The molecular weight excluding hydrogens is 662 g/mol. The number of sulfonamides is 1. The van der Waals surface area contributed by atoms with E-state index in [0.717, 1.165) is 35.1 Å². The molecule has 50 heavy (non-hydrogen) atoms. The molecular formula is C36H41N5O8S. The van der Waals surface area contributed by atoms with Crippen molar-refractivity contribution in [3.05, 3.63) is 72.3 Å². The number of ether oxygens (including phenoxy) is 1. The molecule has 2 unspecified atom stereocenters. The molecule has 3 saturated carbocycles.